The standard InChI is InChI=1S/C10H7.C8H5Ge.Li/c1-2-6-10-8-4-3-7-9(10)5-1;1-2-7-5-3-4-6-8(7)9;/h1-7H;1,3-6H;/q-1;;+1. The Morgan fingerprint density at radius 3 is 2.20 bits per heavy atom. The molecule has 0 bridgehead atoms. The average Bonchev–Trinajstić information content (AvgIpc) is 2.49. The molecule has 0 atom stereocenters. The smallest absolute Gasteiger partial charge is 0.147 e. The molecular formula is C18H12GeLi. The minimum absolute atomic E-state index is 0. The normalized spacial score (nSPS) is 8.80. The van der Waals surface area contributed by atoms with Crippen LogP contribution in [0.25, 0.3) is 10.8 Å². The third-order valence-electron chi connectivity index (χ3n) is 2.65. The van der Waals surface area contributed by atoms with E-state index in [1.54, 1.807) is 0 Å². The van der Waals surface area contributed by atoms with Crippen molar-refractivity contribution in [2.75, 3.05) is 0 Å². The van der Waals surface area contributed by atoms with Gasteiger partial charge in [0.15, 0.2) is 0 Å². The summed E-state index contributed by atoms with van der Waals surface area (Å²) in [4.78, 5) is 0. The summed E-state index contributed by atoms with van der Waals surface area (Å²) in [5.41, 5.74) is 0.984. The molecule has 0 saturated carbocycles. The summed E-state index contributed by atoms with van der Waals surface area (Å²) in [7, 11) is 0. The Morgan fingerprint density at radius 2 is 1.55 bits per heavy atom. The minimum atomic E-state index is 0. The van der Waals surface area contributed by atoms with Crippen molar-refractivity contribution < 1.29 is 18.9 Å². The van der Waals surface area contributed by atoms with Crippen LogP contribution >= 0.6 is 0 Å². The Hall–Kier alpha value is -1.38. The second-order valence-electron chi connectivity index (χ2n) is 3.95. The zero-order valence-electron chi connectivity index (χ0n) is 11.4. The third-order valence-corrected chi connectivity index (χ3v) is 3.57. The van der Waals surface area contributed by atoms with Gasteiger partial charge in [-0.2, -0.15) is 0 Å². The molecule has 0 unspecified atom stereocenters. The van der Waals surface area contributed by atoms with Crippen molar-refractivity contribution in [3.05, 3.63) is 78.4 Å². The van der Waals surface area contributed by atoms with Crippen LogP contribution in [0.3, 0.4) is 0 Å². The second-order valence-corrected chi connectivity index (χ2v) is 5.08. The van der Waals surface area contributed by atoms with Gasteiger partial charge in [0.2, 0.25) is 0 Å². The number of rotatable bonds is 0. The van der Waals surface area contributed by atoms with E-state index in [2.05, 4.69) is 30.2 Å². The van der Waals surface area contributed by atoms with E-state index in [-0.39, 0.29) is 18.9 Å². The van der Waals surface area contributed by atoms with E-state index in [0.717, 1.165) is 5.56 Å². The van der Waals surface area contributed by atoms with Crippen LogP contribution < -0.4 is 23.3 Å². The molecule has 0 heterocycles. The van der Waals surface area contributed by atoms with Crippen molar-refractivity contribution in [3.63, 3.8) is 0 Å². The molecule has 0 aliphatic rings. The maximum absolute atomic E-state index is 5.20. The van der Waals surface area contributed by atoms with Crippen LogP contribution in [0, 0.1) is 18.4 Å². The molecule has 0 spiro atoms. The largest absolute Gasteiger partial charge is 1.00 e. The van der Waals surface area contributed by atoms with Crippen LogP contribution in [0.15, 0.2) is 66.7 Å². The molecule has 89 valence electrons. The molecule has 20 heavy (non-hydrogen) atoms. The number of benzene rings is 3. The van der Waals surface area contributed by atoms with Crippen molar-refractivity contribution in [2.24, 2.45) is 0 Å². The van der Waals surface area contributed by atoms with E-state index in [1.807, 2.05) is 65.0 Å². The Balaban J connectivity index is 0.000000192. The topological polar surface area (TPSA) is 0 Å². The quantitative estimate of drug-likeness (QED) is 0.314. The van der Waals surface area contributed by atoms with Gasteiger partial charge in [-0.25, -0.2) is 0 Å². The van der Waals surface area contributed by atoms with Crippen LogP contribution in [0.5, 0.6) is 0 Å². The number of hydrogen-bond acceptors (Lipinski definition) is 0. The van der Waals surface area contributed by atoms with Crippen molar-refractivity contribution >= 4 is 31.7 Å². The molecule has 0 aliphatic carbocycles. The molecule has 3 rings (SSSR count). The van der Waals surface area contributed by atoms with E-state index >= 15 is 0 Å². The van der Waals surface area contributed by atoms with Gasteiger partial charge < -0.3 is 0 Å². The molecule has 0 amide bonds. The molecule has 0 aliphatic heterocycles. The van der Waals surface area contributed by atoms with E-state index in [1.165, 1.54) is 15.2 Å². The van der Waals surface area contributed by atoms with E-state index in [4.69, 9.17) is 6.42 Å². The van der Waals surface area contributed by atoms with Crippen molar-refractivity contribution in [2.45, 2.75) is 0 Å². The molecule has 0 saturated heterocycles. The molecule has 0 nitrogen and oxygen atoms in total. The zero-order valence-corrected chi connectivity index (χ0v) is 13.5. The molecule has 0 fully saturated rings. The van der Waals surface area contributed by atoms with Gasteiger partial charge in [-0.15, -0.1) is 47.2 Å². The van der Waals surface area contributed by atoms with Crippen molar-refractivity contribution in [1.29, 1.82) is 0 Å². The predicted octanol–water partition coefficient (Wildman–Crippen LogP) is 0.106. The van der Waals surface area contributed by atoms with Gasteiger partial charge in [0.1, 0.15) is 0 Å². The van der Waals surface area contributed by atoms with Crippen molar-refractivity contribution in [1.82, 2.24) is 0 Å². The van der Waals surface area contributed by atoms with Gasteiger partial charge in [-0.05, 0) is 0 Å². The van der Waals surface area contributed by atoms with Gasteiger partial charge in [0.25, 0.3) is 0 Å². The van der Waals surface area contributed by atoms with E-state index < -0.39 is 0 Å². The maximum atomic E-state index is 5.20. The van der Waals surface area contributed by atoms with E-state index in [9.17, 15) is 0 Å². The Morgan fingerprint density at radius 1 is 0.900 bits per heavy atom. The summed E-state index contributed by atoms with van der Waals surface area (Å²) in [6.45, 7) is 0. The Kier molecular flexibility index (Phi) is 7.27. The van der Waals surface area contributed by atoms with Crippen LogP contribution in [0.1, 0.15) is 5.56 Å². The van der Waals surface area contributed by atoms with Crippen LogP contribution in [0.2, 0.25) is 0 Å². The summed E-state index contributed by atoms with van der Waals surface area (Å²) in [5, 5.41) is 2.44. The van der Waals surface area contributed by atoms with Gasteiger partial charge in [0, 0.05) is 0 Å². The summed E-state index contributed by atoms with van der Waals surface area (Å²) < 4.78 is 1.17. The Labute approximate surface area is 141 Å². The molecule has 3 radical (unpaired) electrons. The van der Waals surface area contributed by atoms with Crippen LogP contribution in [-0.4, -0.2) is 16.5 Å². The predicted molar refractivity (Wildman–Crippen MR) is 82.5 cm³/mol. The first kappa shape index (κ1) is 16.7. The molecular weight excluding hydrogens is 296 g/mol. The van der Waals surface area contributed by atoms with Crippen molar-refractivity contribution in [3.8, 4) is 12.3 Å². The minimum Gasteiger partial charge on any atom is -0.147 e. The first-order chi connectivity index (χ1) is 9.31. The van der Waals surface area contributed by atoms with Gasteiger partial charge >= 0.3 is 81.9 Å². The fraction of sp³-hybridized carbons (Fsp3) is 0. The fourth-order valence-electron chi connectivity index (χ4n) is 1.67. The van der Waals surface area contributed by atoms with Gasteiger partial charge in [-0.3, -0.25) is 0 Å². The fourth-order valence-corrected chi connectivity index (χ4v) is 2.20. The second kappa shape index (κ2) is 8.72. The molecule has 0 aromatic heterocycles. The Bertz CT molecular complexity index is 648. The molecule has 3 aromatic rings. The summed E-state index contributed by atoms with van der Waals surface area (Å²) >= 11 is 2.01. The first-order valence-corrected chi connectivity index (χ1v) is 6.99. The number of terminal acetylenes is 1. The van der Waals surface area contributed by atoms with Crippen LogP contribution in [-0.2, 0) is 0 Å². The first-order valence-electron chi connectivity index (χ1n) is 5.94. The third kappa shape index (κ3) is 4.62. The van der Waals surface area contributed by atoms with Gasteiger partial charge in [0.05, 0.1) is 0 Å². The average molecular weight is 308 g/mol. The summed E-state index contributed by atoms with van der Waals surface area (Å²) in [6.07, 6.45) is 5.20. The van der Waals surface area contributed by atoms with E-state index in [0.29, 0.717) is 0 Å². The van der Waals surface area contributed by atoms with Gasteiger partial charge in [-0.1, -0.05) is 12.1 Å². The van der Waals surface area contributed by atoms with Crippen LogP contribution in [0.4, 0.5) is 0 Å². The molecule has 2 heteroatoms. The SMILES string of the molecule is C#Cc1cccc[c]1[Ge].[Li+].[c-]1cccc2ccccc12. The number of fused-ring (bicyclic) bond motifs is 1. The summed E-state index contributed by atoms with van der Waals surface area (Å²) in [5.74, 6) is 2.60. The zero-order chi connectivity index (χ0) is 13.5. The summed E-state index contributed by atoms with van der Waals surface area (Å²) in [6, 6.07) is 25.3. The maximum Gasteiger partial charge on any atom is 1.00 e. The molecule has 3 aromatic carbocycles. The number of hydrogen-bond donors (Lipinski definition) is 0. The monoisotopic (exact) mass is 309 g/mol. The molecule has 0 N–H and O–H groups in total.